The molecule has 0 fully saturated rings. The van der Waals surface area contributed by atoms with Gasteiger partial charge in [0.2, 0.25) is 5.91 Å². The molecule has 0 saturated heterocycles. The Labute approximate surface area is 152 Å². The maximum absolute atomic E-state index is 12.2. The molecule has 5 N–H and O–H groups in total. The zero-order valence-electron chi connectivity index (χ0n) is 14.6. The molecule has 3 aromatic rings. The van der Waals surface area contributed by atoms with E-state index in [2.05, 4.69) is 36.5 Å². The van der Waals surface area contributed by atoms with Crippen LogP contribution in [-0.2, 0) is 4.79 Å². The Morgan fingerprint density at radius 2 is 1.69 bits per heavy atom. The van der Waals surface area contributed by atoms with Crippen LogP contribution < -0.4 is 16.4 Å². The quantitative estimate of drug-likeness (QED) is 0.637. The average molecular weight is 348 g/mol. The van der Waals surface area contributed by atoms with Crippen molar-refractivity contribution in [1.82, 2.24) is 0 Å². The topological polar surface area (TPSA) is 88.8 Å². The molecule has 26 heavy (non-hydrogen) atoms. The van der Waals surface area contributed by atoms with Crippen LogP contribution in [0.1, 0.15) is 28.9 Å². The van der Waals surface area contributed by atoms with Crippen LogP contribution in [-0.4, -0.2) is 18.4 Å². The third-order valence-corrected chi connectivity index (χ3v) is 4.42. The number of primary amides is 1. The van der Waals surface area contributed by atoms with Crippen molar-refractivity contribution in [2.45, 2.75) is 13.0 Å². The minimum atomic E-state index is -0.486. The van der Waals surface area contributed by atoms with Gasteiger partial charge in [-0.25, -0.2) is 0 Å². The summed E-state index contributed by atoms with van der Waals surface area (Å²) < 4.78 is 0. The summed E-state index contributed by atoms with van der Waals surface area (Å²) in [5.41, 5.74) is 7.48. The number of carbonyl (C=O) groups is 2. The van der Waals surface area contributed by atoms with Crippen LogP contribution in [0, 0.1) is 0 Å². The highest BCUT2D eigenvalue weighted by Crippen LogP contribution is 2.22. The molecule has 0 heterocycles. The molecule has 3 rings (SSSR count). The minimum absolute atomic E-state index is 0.0936. The number of hydrogen-bond acceptors (Lipinski definition) is 2. The van der Waals surface area contributed by atoms with E-state index in [9.17, 15) is 9.59 Å². The third kappa shape index (κ3) is 4.07. The maximum atomic E-state index is 12.2. The van der Waals surface area contributed by atoms with Crippen molar-refractivity contribution in [2.24, 2.45) is 5.73 Å². The number of fused-ring (bicyclic) bond motifs is 1. The van der Waals surface area contributed by atoms with Crippen molar-refractivity contribution in [2.75, 3.05) is 11.9 Å². The molecule has 0 saturated carbocycles. The predicted molar refractivity (Wildman–Crippen MR) is 103 cm³/mol. The second kappa shape index (κ2) is 7.80. The van der Waals surface area contributed by atoms with Gasteiger partial charge in [-0.1, -0.05) is 42.5 Å². The fourth-order valence-electron chi connectivity index (χ4n) is 2.99. The van der Waals surface area contributed by atoms with E-state index in [0.29, 0.717) is 17.8 Å². The number of nitrogens with one attached hydrogen (secondary N) is 1. The van der Waals surface area contributed by atoms with E-state index in [-0.39, 0.29) is 11.9 Å². The monoisotopic (exact) mass is 348 g/mol. The average Bonchev–Trinajstić information content (AvgIpc) is 2.66. The highest BCUT2D eigenvalue weighted by Gasteiger charge is 2.14. The van der Waals surface area contributed by atoms with Crippen LogP contribution >= 0.6 is 0 Å². The number of carbonyl (C=O) groups excluding carboxylic acids is 2. The Hall–Kier alpha value is -3.18. The number of amides is 2. The zero-order valence-corrected chi connectivity index (χ0v) is 14.6. The molecular weight excluding hydrogens is 326 g/mol. The Kier molecular flexibility index (Phi) is 5.29. The number of benzene rings is 3. The number of rotatable bonds is 6. The molecule has 5 nitrogen and oxygen atoms in total. The number of anilines is 1. The van der Waals surface area contributed by atoms with E-state index >= 15 is 0 Å². The number of hydrogen-bond donors (Lipinski definition) is 3. The van der Waals surface area contributed by atoms with Gasteiger partial charge in [0.1, 0.15) is 6.04 Å². The first-order valence-electron chi connectivity index (χ1n) is 8.55. The van der Waals surface area contributed by atoms with Gasteiger partial charge >= 0.3 is 0 Å². The fourth-order valence-corrected chi connectivity index (χ4v) is 2.99. The SMILES string of the molecule is C[C@@H]([NH2+]CC(=O)Nc1ccc(C(N)=O)cc1)c1cccc2ccccc12. The van der Waals surface area contributed by atoms with Gasteiger partial charge in [-0.15, -0.1) is 0 Å². The fraction of sp³-hybridized carbons (Fsp3) is 0.143. The molecule has 0 radical (unpaired) electrons. The first kappa shape index (κ1) is 17.6. The Morgan fingerprint density at radius 3 is 2.42 bits per heavy atom. The highest BCUT2D eigenvalue weighted by molar-refractivity contribution is 5.95. The van der Waals surface area contributed by atoms with Gasteiger partial charge in [0.05, 0.1) is 0 Å². The molecule has 0 aromatic heterocycles. The summed E-state index contributed by atoms with van der Waals surface area (Å²) in [6, 6.07) is 21.2. The lowest BCUT2D eigenvalue weighted by atomic mass is 10.00. The summed E-state index contributed by atoms with van der Waals surface area (Å²) in [7, 11) is 0. The molecule has 5 heteroatoms. The Bertz CT molecular complexity index is 930. The molecule has 2 amide bonds. The Balaban J connectivity index is 1.61. The molecule has 132 valence electrons. The van der Waals surface area contributed by atoms with Crippen molar-refractivity contribution in [1.29, 1.82) is 0 Å². The second-order valence-electron chi connectivity index (χ2n) is 6.29. The highest BCUT2D eigenvalue weighted by atomic mass is 16.2. The van der Waals surface area contributed by atoms with Crippen molar-refractivity contribution in [3.8, 4) is 0 Å². The second-order valence-corrected chi connectivity index (χ2v) is 6.29. The standard InChI is InChI=1S/C21H21N3O2/c1-14(18-8-4-6-15-5-2-3-7-19(15)18)23-13-20(25)24-17-11-9-16(10-12-17)21(22)26/h2-12,14,23H,13H2,1H3,(H2,22,26)(H,24,25)/p+1/t14-/m1/s1. The van der Waals surface area contributed by atoms with Gasteiger partial charge < -0.3 is 16.4 Å². The van der Waals surface area contributed by atoms with E-state index in [4.69, 9.17) is 5.73 Å². The molecule has 0 aliphatic rings. The third-order valence-electron chi connectivity index (χ3n) is 4.42. The minimum Gasteiger partial charge on any atom is -0.366 e. The molecule has 0 spiro atoms. The van der Waals surface area contributed by atoms with Gasteiger partial charge in [-0.3, -0.25) is 9.59 Å². The Morgan fingerprint density at radius 1 is 1.00 bits per heavy atom. The molecule has 0 aliphatic carbocycles. The lowest BCUT2D eigenvalue weighted by Crippen LogP contribution is -2.86. The van der Waals surface area contributed by atoms with E-state index in [1.807, 2.05) is 23.5 Å². The summed E-state index contributed by atoms with van der Waals surface area (Å²) in [6.45, 7) is 2.40. The molecule has 3 aromatic carbocycles. The van der Waals surface area contributed by atoms with Gasteiger partial charge in [-0.05, 0) is 42.0 Å². The molecule has 0 bridgehead atoms. The van der Waals surface area contributed by atoms with Crippen molar-refractivity contribution < 1.29 is 14.9 Å². The lowest BCUT2D eigenvalue weighted by Gasteiger charge is -2.14. The van der Waals surface area contributed by atoms with Crippen molar-refractivity contribution in [3.05, 3.63) is 77.9 Å². The molecule has 1 atom stereocenters. The number of nitrogens with two attached hydrogens (primary N) is 2. The molecule has 0 unspecified atom stereocenters. The largest absolute Gasteiger partial charge is 0.366 e. The summed E-state index contributed by atoms with van der Waals surface area (Å²) in [5.74, 6) is -0.580. The summed E-state index contributed by atoms with van der Waals surface area (Å²) in [5, 5.41) is 7.25. The van der Waals surface area contributed by atoms with Crippen LogP contribution in [0.25, 0.3) is 10.8 Å². The van der Waals surface area contributed by atoms with Crippen LogP contribution in [0.4, 0.5) is 5.69 Å². The van der Waals surface area contributed by atoms with Gasteiger partial charge in [0, 0.05) is 16.8 Å². The number of quaternary nitrogens is 1. The van der Waals surface area contributed by atoms with E-state index in [1.54, 1.807) is 24.3 Å². The van der Waals surface area contributed by atoms with E-state index in [0.717, 1.165) is 0 Å². The van der Waals surface area contributed by atoms with Crippen molar-refractivity contribution in [3.63, 3.8) is 0 Å². The molecular formula is C21H22N3O2+. The van der Waals surface area contributed by atoms with Gasteiger partial charge in [0.25, 0.3) is 5.91 Å². The van der Waals surface area contributed by atoms with Crippen LogP contribution in [0.3, 0.4) is 0 Å². The predicted octanol–water partition coefficient (Wildman–Crippen LogP) is 2.20. The van der Waals surface area contributed by atoms with Crippen LogP contribution in [0.15, 0.2) is 66.7 Å². The summed E-state index contributed by atoms with van der Waals surface area (Å²) >= 11 is 0. The van der Waals surface area contributed by atoms with Gasteiger partial charge in [0.15, 0.2) is 6.54 Å². The van der Waals surface area contributed by atoms with Crippen LogP contribution in [0.2, 0.25) is 0 Å². The lowest BCUT2D eigenvalue weighted by molar-refractivity contribution is -0.682. The summed E-state index contributed by atoms with van der Waals surface area (Å²) in [6.07, 6.45) is 0. The molecule has 0 aliphatic heterocycles. The first-order chi connectivity index (χ1) is 12.5. The van der Waals surface area contributed by atoms with Crippen LogP contribution in [0.5, 0.6) is 0 Å². The maximum Gasteiger partial charge on any atom is 0.279 e. The normalized spacial score (nSPS) is 11.9. The van der Waals surface area contributed by atoms with E-state index in [1.165, 1.54) is 16.3 Å². The van der Waals surface area contributed by atoms with Crippen molar-refractivity contribution >= 4 is 28.3 Å². The smallest absolute Gasteiger partial charge is 0.279 e. The van der Waals surface area contributed by atoms with Gasteiger partial charge in [-0.2, -0.15) is 0 Å². The van der Waals surface area contributed by atoms with E-state index < -0.39 is 5.91 Å². The first-order valence-corrected chi connectivity index (χ1v) is 8.55. The summed E-state index contributed by atoms with van der Waals surface area (Å²) in [4.78, 5) is 23.3. The zero-order chi connectivity index (χ0) is 18.5.